The third-order valence-electron chi connectivity index (χ3n) is 4.94. The van der Waals surface area contributed by atoms with Crippen LogP contribution in [0.4, 0.5) is 5.69 Å². The second-order valence-electron chi connectivity index (χ2n) is 6.81. The first-order valence-corrected chi connectivity index (χ1v) is 10.1. The lowest BCUT2D eigenvalue weighted by atomic mass is 10.1. The standard InChI is InChI=1S/C21H21Cl2NO4/c1-2-3-10-26-15-6-4-14(5-7-15)13-24-19-16(8-9-17(22)18(19)23)21(20(24)25)27-11-12-28-21/h4-9H,2-3,10-13H2,1H3. The smallest absolute Gasteiger partial charge is 0.292 e. The molecule has 28 heavy (non-hydrogen) atoms. The summed E-state index contributed by atoms with van der Waals surface area (Å²) >= 11 is 12.7. The van der Waals surface area contributed by atoms with Crippen LogP contribution in [0.25, 0.3) is 0 Å². The highest BCUT2D eigenvalue weighted by Crippen LogP contribution is 2.50. The van der Waals surface area contributed by atoms with Crippen LogP contribution in [0.2, 0.25) is 10.0 Å². The molecule has 0 aliphatic carbocycles. The maximum atomic E-state index is 13.2. The molecule has 0 atom stereocenters. The fourth-order valence-electron chi connectivity index (χ4n) is 3.51. The molecule has 4 rings (SSSR count). The van der Waals surface area contributed by atoms with E-state index in [4.69, 9.17) is 37.4 Å². The van der Waals surface area contributed by atoms with Crippen molar-refractivity contribution in [3.8, 4) is 5.75 Å². The molecule has 0 unspecified atom stereocenters. The van der Waals surface area contributed by atoms with Crippen LogP contribution >= 0.6 is 23.2 Å². The zero-order valence-corrected chi connectivity index (χ0v) is 17.1. The van der Waals surface area contributed by atoms with Crippen LogP contribution in [-0.2, 0) is 26.6 Å². The van der Waals surface area contributed by atoms with Gasteiger partial charge in [0.15, 0.2) is 0 Å². The molecule has 5 nitrogen and oxygen atoms in total. The first-order valence-electron chi connectivity index (χ1n) is 9.37. The van der Waals surface area contributed by atoms with Gasteiger partial charge in [-0.15, -0.1) is 0 Å². The predicted octanol–water partition coefficient (Wildman–Crippen LogP) is 4.92. The minimum absolute atomic E-state index is 0.285. The van der Waals surface area contributed by atoms with Crippen LogP contribution in [0.3, 0.4) is 0 Å². The van der Waals surface area contributed by atoms with Crippen LogP contribution in [0.5, 0.6) is 5.75 Å². The largest absolute Gasteiger partial charge is 0.494 e. The highest BCUT2D eigenvalue weighted by Gasteiger charge is 2.56. The maximum absolute atomic E-state index is 13.2. The average Bonchev–Trinajstić information content (AvgIpc) is 3.27. The molecule has 0 saturated carbocycles. The van der Waals surface area contributed by atoms with Crippen LogP contribution in [0.15, 0.2) is 36.4 Å². The Morgan fingerprint density at radius 2 is 1.82 bits per heavy atom. The van der Waals surface area contributed by atoms with Gasteiger partial charge in [-0.2, -0.15) is 0 Å². The summed E-state index contributed by atoms with van der Waals surface area (Å²) in [5, 5.41) is 0.705. The van der Waals surface area contributed by atoms with Gasteiger partial charge >= 0.3 is 0 Å². The monoisotopic (exact) mass is 421 g/mol. The van der Waals surface area contributed by atoms with Gasteiger partial charge in [-0.25, -0.2) is 0 Å². The zero-order chi connectivity index (χ0) is 19.7. The van der Waals surface area contributed by atoms with Gasteiger partial charge in [-0.1, -0.05) is 48.7 Å². The molecule has 1 spiro atoms. The van der Waals surface area contributed by atoms with Crippen LogP contribution in [0, 0.1) is 0 Å². The number of carbonyl (C=O) groups excluding carboxylic acids is 1. The molecular weight excluding hydrogens is 401 g/mol. The van der Waals surface area contributed by atoms with E-state index < -0.39 is 5.79 Å². The van der Waals surface area contributed by atoms with Crippen molar-refractivity contribution >= 4 is 34.8 Å². The van der Waals surface area contributed by atoms with Crippen molar-refractivity contribution in [3.63, 3.8) is 0 Å². The van der Waals surface area contributed by atoms with E-state index in [-0.39, 0.29) is 5.91 Å². The molecule has 148 valence electrons. The summed E-state index contributed by atoms with van der Waals surface area (Å²) in [5.41, 5.74) is 2.08. The summed E-state index contributed by atoms with van der Waals surface area (Å²) in [6, 6.07) is 11.1. The summed E-state index contributed by atoms with van der Waals surface area (Å²) < 4.78 is 17.2. The summed E-state index contributed by atoms with van der Waals surface area (Å²) in [6.45, 7) is 3.85. The van der Waals surface area contributed by atoms with E-state index in [9.17, 15) is 4.79 Å². The number of hydrogen-bond donors (Lipinski definition) is 0. The fourth-order valence-corrected chi connectivity index (χ4v) is 3.93. The normalized spacial score (nSPS) is 17.4. The van der Waals surface area contributed by atoms with Crippen molar-refractivity contribution < 1.29 is 19.0 Å². The third-order valence-corrected chi connectivity index (χ3v) is 5.74. The Kier molecular flexibility index (Phi) is 5.52. The molecule has 1 amide bonds. The van der Waals surface area contributed by atoms with Crippen LogP contribution in [-0.4, -0.2) is 25.7 Å². The molecule has 2 aliphatic heterocycles. The summed E-state index contributed by atoms with van der Waals surface area (Å²) in [7, 11) is 0. The zero-order valence-electron chi connectivity index (χ0n) is 15.5. The Morgan fingerprint density at radius 3 is 2.50 bits per heavy atom. The Balaban J connectivity index is 1.62. The second-order valence-corrected chi connectivity index (χ2v) is 7.59. The Labute approximate surface area is 174 Å². The molecule has 7 heteroatoms. The molecule has 2 aromatic rings. The number of halogens is 2. The highest BCUT2D eigenvalue weighted by atomic mass is 35.5. The highest BCUT2D eigenvalue weighted by molar-refractivity contribution is 6.44. The Bertz CT molecular complexity index is 879. The summed E-state index contributed by atoms with van der Waals surface area (Å²) in [6.07, 6.45) is 2.10. The van der Waals surface area contributed by atoms with Crippen molar-refractivity contribution in [1.82, 2.24) is 0 Å². The first kappa shape index (κ1) is 19.5. The average molecular weight is 422 g/mol. The lowest BCUT2D eigenvalue weighted by Crippen LogP contribution is -2.40. The van der Waals surface area contributed by atoms with Crippen LogP contribution < -0.4 is 9.64 Å². The minimum Gasteiger partial charge on any atom is -0.494 e. The number of benzene rings is 2. The SMILES string of the molecule is CCCCOc1ccc(CN2C(=O)C3(OCCO3)c3ccc(Cl)c(Cl)c32)cc1. The van der Waals surface area contributed by atoms with E-state index >= 15 is 0 Å². The van der Waals surface area contributed by atoms with Gasteiger partial charge in [0.1, 0.15) is 5.75 Å². The van der Waals surface area contributed by atoms with Crippen molar-refractivity contribution in [2.75, 3.05) is 24.7 Å². The topological polar surface area (TPSA) is 48.0 Å². The Hall–Kier alpha value is -1.79. The van der Waals surface area contributed by atoms with E-state index in [0.717, 1.165) is 24.2 Å². The molecule has 2 aromatic carbocycles. The van der Waals surface area contributed by atoms with Crippen molar-refractivity contribution in [2.45, 2.75) is 32.1 Å². The number of unbranched alkanes of at least 4 members (excludes halogenated alkanes) is 1. The number of hydrogen-bond acceptors (Lipinski definition) is 4. The van der Waals surface area contributed by atoms with Gasteiger partial charge in [-0.05, 0) is 36.2 Å². The molecule has 1 fully saturated rings. The molecule has 2 heterocycles. The number of amides is 1. The van der Waals surface area contributed by atoms with Crippen molar-refractivity contribution in [2.24, 2.45) is 0 Å². The van der Waals surface area contributed by atoms with E-state index in [1.54, 1.807) is 17.0 Å². The van der Waals surface area contributed by atoms with E-state index in [0.29, 0.717) is 47.7 Å². The van der Waals surface area contributed by atoms with Crippen LogP contribution in [0.1, 0.15) is 30.9 Å². The molecule has 1 saturated heterocycles. The van der Waals surface area contributed by atoms with E-state index in [1.807, 2.05) is 24.3 Å². The molecule has 0 bridgehead atoms. The third kappa shape index (κ3) is 3.26. The molecule has 0 N–H and O–H groups in total. The van der Waals surface area contributed by atoms with Gasteiger partial charge in [0.2, 0.25) is 0 Å². The van der Waals surface area contributed by atoms with Gasteiger partial charge in [-0.3, -0.25) is 4.79 Å². The molecule has 2 aliphatic rings. The fraction of sp³-hybridized carbons (Fsp3) is 0.381. The number of fused-ring (bicyclic) bond motifs is 2. The van der Waals surface area contributed by atoms with Crippen molar-refractivity contribution in [1.29, 1.82) is 0 Å². The molecule has 0 radical (unpaired) electrons. The van der Waals surface area contributed by atoms with Gasteiger partial charge in [0.05, 0.1) is 42.1 Å². The lowest BCUT2D eigenvalue weighted by Gasteiger charge is -2.22. The number of nitrogens with zero attached hydrogens (tertiary/aromatic N) is 1. The van der Waals surface area contributed by atoms with E-state index in [1.165, 1.54) is 0 Å². The molecular formula is C21H21Cl2NO4. The number of rotatable bonds is 6. The lowest BCUT2D eigenvalue weighted by molar-refractivity contribution is -0.180. The van der Waals surface area contributed by atoms with Gasteiger partial charge < -0.3 is 19.1 Å². The quantitative estimate of drug-likeness (QED) is 0.621. The predicted molar refractivity (Wildman–Crippen MR) is 108 cm³/mol. The number of ether oxygens (including phenoxy) is 3. The van der Waals surface area contributed by atoms with Crippen molar-refractivity contribution in [3.05, 3.63) is 57.6 Å². The van der Waals surface area contributed by atoms with Gasteiger partial charge in [0.25, 0.3) is 11.7 Å². The summed E-state index contributed by atoms with van der Waals surface area (Å²) in [5.74, 6) is -0.898. The number of anilines is 1. The Morgan fingerprint density at radius 1 is 1.11 bits per heavy atom. The van der Waals surface area contributed by atoms with Gasteiger partial charge in [0, 0.05) is 5.56 Å². The minimum atomic E-state index is -1.42. The summed E-state index contributed by atoms with van der Waals surface area (Å²) in [4.78, 5) is 14.8. The molecule has 0 aromatic heterocycles. The maximum Gasteiger partial charge on any atom is 0.292 e. The van der Waals surface area contributed by atoms with E-state index in [2.05, 4.69) is 6.92 Å². The second kappa shape index (κ2) is 7.91. The first-order chi connectivity index (χ1) is 13.6. The number of carbonyl (C=O) groups is 1.